The second-order valence-corrected chi connectivity index (χ2v) is 5.74. The van der Waals surface area contributed by atoms with Gasteiger partial charge >= 0.3 is 0 Å². The molecule has 0 bridgehead atoms. The number of anilines is 1. The molecule has 0 saturated carbocycles. The average Bonchev–Trinajstić information content (AvgIpc) is 2.46. The van der Waals surface area contributed by atoms with Gasteiger partial charge in [0.1, 0.15) is 0 Å². The van der Waals surface area contributed by atoms with E-state index in [1.165, 1.54) is 15.7 Å². The number of benzene rings is 1. The number of halogens is 1. The molecule has 0 aliphatic carbocycles. The molecule has 1 atom stereocenters. The molecule has 1 aliphatic rings. The fourth-order valence-corrected chi connectivity index (χ4v) is 2.96. The SMILES string of the molecule is CCNCc1ccc(N2CCOCC2CC)cc1Br. The number of nitrogens with zero attached hydrogens (tertiary/aromatic N) is 1. The third kappa shape index (κ3) is 3.71. The molecule has 0 amide bonds. The van der Waals surface area contributed by atoms with Gasteiger partial charge in [-0.15, -0.1) is 0 Å². The molecule has 1 saturated heterocycles. The first-order valence-electron chi connectivity index (χ1n) is 7.09. The predicted molar refractivity (Wildman–Crippen MR) is 83.8 cm³/mol. The molecule has 106 valence electrons. The Morgan fingerprint density at radius 3 is 2.95 bits per heavy atom. The molecule has 1 aromatic rings. The van der Waals surface area contributed by atoms with Crippen molar-refractivity contribution in [2.24, 2.45) is 0 Å². The third-order valence-electron chi connectivity index (χ3n) is 3.63. The summed E-state index contributed by atoms with van der Waals surface area (Å²) in [5.41, 5.74) is 2.61. The number of morpholine rings is 1. The van der Waals surface area contributed by atoms with Gasteiger partial charge in [0.05, 0.1) is 19.3 Å². The molecule has 1 unspecified atom stereocenters. The van der Waals surface area contributed by atoms with Gasteiger partial charge in [0.15, 0.2) is 0 Å². The first-order chi connectivity index (χ1) is 9.26. The molecule has 19 heavy (non-hydrogen) atoms. The van der Waals surface area contributed by atoms with Crippen LogP contribution in [0.3, 0.4) is 0 Å². The summed E-state index contributed by atoms with van der Waals surface area (Å²) >= 11 is 3.69. The zero-order chi connectivity index (χ0) is 13.7. The van der Waals surface area contributed by atoms with Crippen molar-refractivity contribution in [3.8, 4) is 0 Å². The Morgan fingerprint density at radius 1 is 1.42 bits per heavy atom. The zero-order valence-corrected chi connectivity index (χ0v) is 13.4. The van der Waals surface area contributed by atoms with Crippen molar-refractivity contribution in [1.82, 2.24) is 5.32 Å². The minimum absolute atomic E-state index is 0.500. The summed E-state index contributed by atoms with van der Waals surface area (Å²) in [6.07, 6.45) is 1.12. The van der Waals surface area contributed by atoms with E-state index in [2.05, 4.69) is 58.2 Å². The van der Waals surface area contributed by atoms with Crippen LogP contribution in [-0.2, 0) is 11.3 Å². The summed E-state index contributed by atoms with van der Waals surface area (Å²) in [5.74, 6) is 0. The van der Waals surface area contributed by atoms with E-state index < -0.39 is 0 Å². The number of ether oxygens (including phenoxy) is 1. The summed E-state index contributed by atoms with van der Waals surface area (Å²) < 4.78 is 6.76. The fraction of sp³-hybridized carbons (Fsp3) is 0.600. The Bertz CT molecular complexity index is 411. The maximum atomic E-state index is 5.57. The zero-order valence-electron chi connectivity index (χ0n) is 11.8. The normalized spacial score (nSPS) is 19.7. The van der Waals surface area contributed by atoms with Gasteiger partial charge in [-0.25, -0.2) is 0 Å². The van der Waals surface area contributed by atoms with Crippen LogP contribution >= 0.6 is 15.9 Å². The number of hydrogen-bond acceptors (Lipinski definition) is 3. The lowest BCUT2D eigenvalue weighted by molar-refractivity contribution is 0.0930. The molecule has 1 heterocycles. The third-order valence-corrected chi connectivity index (χ3v) is 4.37. The van der Waals surface area contributed by atoms with Crippen LogP contribution in [0.25, 0.3) is 0 Å². The van der Waals surface area contributed by atoms with Gasteiger partial charge in [0.2, 0.25) is 0 Å². The van der Waals surface area contributed by atoms with Gasteiger partial charge < -0.3 is 15.0 Å². The summed E-state index contributed by atoms with van der Waals surface area (Å²) in [6, 6.07) is 7.18. The lowest BCUT2D eigenvalue weighted by atomic mass is 10.1. The van der Waals surface area contributed by atoms with Gasteiger partial charge in [-0.05, 0) is 30.7 Å². The number of hydrogen-bond donors (Lipinski definition) is 1. The van der Waals surface area contributed by atoms with E-state index >= 15 is 0 Å². The van der Waals surface area contributed by atoms with E-state index in [1.54, 1.807) is 0 Å². The highest BCUT2D eigenvalue weighted by Crippen LogP contribution is 2.27. The molecule has 0 aromatic heterocycles. The van der Waals surface area contributed by atoms with Crippen molar-refractivity contribution >= 4 is 21.6 Å². The first-order valence-corrected chi connectivity index (χ1v) is 7.89. The molecule has 3 nitrogen and oxygen atoms in total. The van der Waals surface area contributed by atoms with E-state index in [1.807, 2.05) is 0 Å². The van der Waals surface area contributed by atoms with Crippen LogP contribution in [0.2, 0.25) is 0 Å². The van der Waals surface area contributed by atoms with Crippen LogP contribution in [0.4, 0.5) is 5.69 Å². The van der Waals surface area contributed by atoms with Crippen molar-refractivity contribution in [2.45, 2.75) is 32.9 Å². The lowest BCUT2D eigenvalue weighted by Gasteiger charge is -2.37. The molecule has 1 aromatic carbocycles. The molecule has 1 aliphatic heterocycles. The van der Waals surface area contributed by atoms with Gasteiger partial charge in [0, 0.05) is 23.2 Å². The average molecular weight is 327 g/mol. The Labute approximate surface area is 124 Å². The van der Waals surface area contributed by atoms with Crippen molar-refractivity contribution in [3.63, 3.8) is 0 Å². The van der Waals surface area contributed by atoms with Crippen molar-refractivity contribution in [3.05, 3.63) is 28.2 Å². The van der Waals surface area contributed by atoms with E-state index in [4.69, 9.17) is 4.74 Å². The maximum absolute atomic E-state index is 5.57. The predicted octanol–water partition coefficient (Wildman–Crippen LogP) is 3.17. The topological polar surface area (TPSA) is 24.5 Å². The standard InChI is InChI=1S/C15H23BrN2O/c1-3-13-11-19-8-7-18(13)14-6-5-12(10-17-4-2)15(16)9-14/h5-6,9,13,17H,3-4,7-8,10-11H2,1-2H3. The van der Waals surface area contributed by atoms with Gasteiger partial charge in [-0.2, -0.15) is 0 Å². The Hall–Kier alpha value is -0.580. The largest absolute Gasteiger partial charge is 0.377 e. The van der Waals surface area contributed by atoms with Gasteiger partial charge in [-0.3, -0.25) is 0 Å². The van der Waals surface area contributed by atoms with Crippen LogP contribution < -0.4 is 10.2 Å². The Kier molecular flexibility index (Phi) is 5.67. The van der Waals surface area contributed by atoms with Crippen LogP contribution in [0, 0.1) is 0 Å². The second-order valence-electron chi connectivity index (χ2n) is 4.89. The summed E-state index contributed by atoms with van der Waals surface area (Å²) in [4.78, 5) is 2.46. The molecule has 0 radical (unpaired) electrons. The number of nitrogens with one attached hydrogen (secondary N) is 1. The quantitative estimate of drug-likeness (QED) is 0.899. The van der Waals surface area contributed by atoms with E-state index in [9.17, 15) is 0 Å². The molecule has 0 spiro atoms. The molecular weight excluding hydrogens is 304 g/mol. The highest BCUT2D eigenvalue weighted by molar-refractivity contribution is 9.10. The van der Waals surface area contributed by atoms with Crippen LogP contribution in [0.1, 0.15) is 25.8 Å². The van der Waals surface area contributed by atoms with E-state index in [0.29, 0.717) is 6.04 Å². The fourth-order valence-electron chi connectivity index (χ4n) is 2.45. The molecule has 2 rings (SSSR count). The number of rotatable bonds is 5. The summed E-state index contributed by atoms with van der Waals surface area (Å²) in [5, 5.41) is 3.36. The van der Waals surface area contributed by atoms with Crippen molar-refractivity contribution < 1.29 is 4.74 Å². The maximum Gasteiger partial charge on any atom is 0.0670 e. The smallest absolute Gasteiger partial charge is 0.0670 e. The summed E-state index contributed by atoms with van der Waals surface area (Å²) in [7, 11) is 0. The highest BCUT2D eigenvalue weighted by Gasteiger charge is 2.21. The van der Waals surface area contributed by atoms with Crippen LogP contribution in [0.15, 0.2) is 22.7 Å². The van der Waals surface area contributed by atoms with Crippen molar-refractivity contribution in [1.29, 1.82) is 0 Å². The highest BCUT2D eigenvalue weighted by atomic mass is 79.9. The van der Waals surface area contributed by atoms with Crippen molar-refractivity contribution in [2.75, 3.05) is 31.2 Å². The molecule has 4 heteroatoms. The van der Waals surface area contributed by atoms with E-state index in [-0.39, 0.29) is 0 Å². The molecular formula is C15H23BrN2O. The van der Waals surface area contributed by atoms with Gasteiger partial charge in [-0.1, -0.05) is 35.8 Å². The monoisotopic (exact) mass is 326 g/mol. The Balaban J connectivity index is 2.13. The molecule has 1 N–H and O–H groups in total. The summed E-state index contributed by atoms with van der Waals surface area (Å²) in [6.45, 7) is 8.91. The first kappa shape index (κ1) is 14.8. The van der Waals surface area contributed by atoms with Gasteiger partial charge in [0.25, 0.3) is 0 Å². The minimum Gasteiger partial charge on any atom is -0.377 e. The lowest BCUT2D eigenvalue weighted by Crippen LogP contribution is -2.45. The Morgan fingerprint density at radius 2 is 2.26 bits per heavy atom. The second kappa shape index (κ2) is 7.27. The van der Waals surface area contributed by atoms with Crippen LogP contribution in [0.5, 0.6) is 0 Å². The minimum atomic E-state index is 0.500. The van der Waals surface area contributed by atoms with E-state index in [0.717, 1.165) is 39.3 Å². The van der Waals surface area contributed by atoms with Crippen LogP contribution in [-0.4, -0.2) is 32.3 Å². The molecule has 1 fully saturated rings.